The highest BCUT2D eigenvalue weighted by Gasteiger charge is 2.24. The Kier molecular flexibility index (Phi) is 10.6. The van der Waals surface area contributed by atoms with Crippen LogP contribution in [0.25, 0.3) is 32.3 Å². The van der Waals surface area contributed by atoms with Gasteiger partial charge in [0.15, 0.2) is 11.5 Å². The molecule has 0 spiro atoms. The second kappa shape index (κ2) is 15.4. The van der Waals surface area contributed by atoms with Crippen LogP contribution in [0.3, 0.4) is 0 Å². The normalized spacial score (nSPS) is 12.6. The molecule has 0 aliphatic carbocycles. The smallest absolute Gasteiger partial charge is 0.323 e. The lowest BCUT2D eigenvalue weighted by atomic mass is 10.1. The predicted octanol–water partition coefficient (Wildman–Crippen LogP) is 9.39. The number of nitrogens with zero attached hydrogens (tertiary/aromatic N) is 4. The molecule has 0 atom stereocenters. The van der Waals surface area contributed by atoms with Gasteiger partial charge in [-0.2, -0.15) is 35.5 Å². The van der Waals surface area contributed by atoms with Crippen LogP contribution in [0.1, 0.15) is 11.1 Å². The van der Waals surface area contributed by atoms with E-state index in [-0.39, 0.29) is 43.5 Å². The number of carbonyl (C=O) groups excluding carboxylic acids is 1. The number of benzene rings is 7. The molecule has 306 valence electrons. The van der Waals surface area contributed by atoms with Crippen molar-refractivity contribution in [3.05, 3.63) is 114 Å². The van der Waals surface area contributed by atoms with Gasteiger partial charge in [-0.15, -0.1) is 10.2 Å². The lowest BCUT2D eigenvalue weighted by Gasteiger charge is -2.13. The van der Waals surface area contributed by atoms with Gasteiger partial charge in [0, 0.05) is 22.1 Å². The average Bonchev–Trinajstić information content (AvgIpc) is 3.16. The molecule has 18 nitrogen and oxygen atoms in total. The lowest BCUT2D eigenvalue weighted by molar-refractivity contribution is 0.262. The number of carbonyl (C=O) groups is 1. The van der Waals surface area contributed by atoms with E-state index in [0.29, 0.717) is 16.5 Å². The summed E-state index contributed by atoms with van der Waals surface area (Å²) in [6.45, 7) is 3.60. The predicted molar refractivity (Wildman–Crippen MR) is 222 cm³/mol. The molecule has 0 aromatic heterocycles. The first-order valence-electron chi connectivity index (χ1n) is 17.2. The van der Waals surface area contributed by atoms with E-state index in [1.165, 1.54) is 72.8 Å². The number of azo groups is 2. The number of phenolic OH excluding ortho intramolecular Hbond substituents is 2. The first-order chi connectivity index (χ1) is 28.2. The molecular formula is C39H30N6O12S3. The minimum absolute atomic E-state index is 0.0571. The van der Waals surface area contributed by atoms with Crippen molar-refractivity contribution in [2.75, 3.05) is 10.6 Å². The van der Waals surface area contributed by atoms with Crippen LogP contribution in [0.5, 0.6) is 11.5 Å². The number of nitrogens with one attached hydrogen (secondary N) is 2. The molecule has 7 rings (SSSR count). The molecule has 7 N–H and O–H groups in total. The topological polar surface area (TPSA) is 294 Å². The Morgan fingerprint density at radius 1 is 0.517 bits per heavy atom. The molecule has 0 aliphatic heterocycles. The summed E-state index contributed by atoms with van der Waals surface area (Å²) in [5.74, 6) is -1.26. The molecule has 60 heavy (non-hydrogen) atoms. The first-order valence-corrected chi connectivity index (χ1v) is 21.5. The zero-order valence-corrected chi connectivity index (χ0v) is 33.4. The van der Waals surface area contributed by atoms with Crippen molar-refractivity contribution in [1.29, 1.82) is 0 Å². The fourth-order valence-electron chi connectivity index (χ4n) is 6.21. The Hall–Kier alpha value is -6.88. The van der Waals surface area contributed by atoms with Gasteiger partial charge in [-0.05, 0) is 125 Å². The number of anilines is 2. The molecule has 0 aliphatic rings. The van der Waals surface area contributed by atoms with Gasteiger partial charge in [0.2, 0.25) is 0 Å². The van der Waals surface area contributed by atoms with E-state index in [9.17, 15) is 53.9 Å². The summed E-state index contributed by atoms with van der Waals surface area (Å²) in [5, 5.41) is 44.5. The summed E-state index contributed by atoms with van der Waals surface area (Å²) in [5.41, 5.74) is 1.31. The van der Waals surface area contributed by atoms with Crippen LogP contribution in [-0.2, 0) is 30.4 Å². The standard InChI is InChI=1S/C39H30N6O12S3/c1-20-3-4-21(2)32(13-20)43-45-36-34(60(55,56)57)19-25-16-27(9-12-31(25)38(36)47)41-39(48)40-26-8-11-30-24(15-26)18-33(59(52,53)54)35(37(30)46)44-42-28-7-5-23-17-29(58(49,50)51)10-6-22(23)14-28/h3-19,46-47H,1-2H3,(H2,40,41,48)(H,49,50,51)(H,52,53,54)(H,55,56,57). The maximum Gasteiger partial charge on any atom is 0.323 e. The molecule has 7 aromatic rings. The van der Waals surface area contributed by atoms with E-state index in [1.807, 2.05) is 13.0 Å². The van der Waals surface area contributed by atoms with Crippen molar-refractivity contribution in [2.45, 2.75) is 28.5 Å². The Bertz CT molecular complexity index is 3380. The number of hydrogen-bond donors (Lipinski definition) is 7. The second-order valence-corrected chi connectivity index (χ2v) is 17.6. The number of aryl methyl sites for hydroxylation is 2. The van der Waals surface area contributed by atoms with Gasteiger partial charge in [0.05, 0.1) is 16.3 Å². The number of urea groups is 1. The second-order valence-electron chi connectivity index (χ2n) is 13.4. The molecule has 0 heterocycles. The number of amides is 2. The van der Waals surface area contributed by atoms with Crippen LogP contribution < -0.4 is 10.6 Å². The molecule has 0 fully saturated rings. The van der Waals surface area contributed by atoms with E-state index in [1.54, 1.807) is 19.1 Å². The van der Waals surface area contributed by atoms with E-state index < -0.39 is 69.1 Å². The maximum absolute atomic E-state index is 13.1. The number of rotatable bonds is 9. The molecule has 0 radical (unpaired) electrons. The third kappa shape index (κ3) is 8.61. The molecule has 2 amide bonds. The van der Waals surface area contributed by atoms with E-state index in [0.717, 1.165) is 23.3 Å². The van der Waals surface area contributed by atoms with Gasteiger partial charge in [-0.3, -0.25) is 13.7 Å². The molecule has 7 aromatic carbocycles. The van der Waals surface area contributed by atoms with Crippen LogP contribution in [0.4, 0.5) is 38.9 Å². The highest BCUT2D eigenvalue weighted by molar-refractivity contribution is 7.86. The van der Waals surface area contributed by atoms with Crippen LogP contribution in [0, 0.1) is 13.8 Å². The molecule has 21 heteroatoms. The fraction of sp³-hybridized carbons (Fsp3) is 0.0513. The van der Waals surface area contributed by atoms with Gasteiger partial charge in [-0.1, -0.05) is 24.3 Å². The third-order valence-corrected chi connectivity index (χ3v) is 11.7. The Morgan fingerprint density at radius 3 is 1.57 bits per heavy atom. The largest absolute Gasteiger partial charge is 0.505 e. The van der Waals surface area contributed by atoms with Crippen molar-refractivity contribution < 1.29 is 53.9 Å². The van der Waals surface area contributed by atoms with Crippen molar-refractivity contribution in [1.82, 2.24) is 0 Å². The summed E-state index contributed by atoms with van der Waals surface area (Å²) < 4.78 is 102. The number of aromatic hydroxyl groups is 2. The minimum atomic E-state index is -5.01. The van der Waals surface area contributed by atoms with Crippen LogP contribution in [-0.4, -0.2) is 55.2 Å². The number of hydrogen-bond acceptors (Lipinski definition) is 13. The fourth-order valence-corrected chi connectivity index (χ4v) is 8.04. The van der Waals surface area contributed by atoms with Crippen LogP contribution in [0.15, 0.2) is 138 Å². The Morgan fingerprint density at radius 2 is 1.03 bits per heavy atom. The molecular weight excluding hydrogens is 841 g/mol. The summed E-state index contributed by atoms with van der Waals surface area (Å²) in [6.07, 6.45) is 0. The van der Waals surface area contributed by atoms with Gasteiger partial charge < -0.3 is 20.8 Å². The van der Waals surface area contributed by atoms with Gasteiger partial charge in [0.1, 0.15) is 21.2 Å². The monoisotopic (exact) mass is 870 g/mol. The minimum Gasteiger partial charge on any atom is -0.505 e. The van der Waals surface area contributed by atoms with E-state index >= 15 is 0 Å². The molecule has 0 saturated carbocycles. The maximum atomic E-state index is 13.1. The van der Waals surface area contributed by atoms with Crippen molar-refractivity contribution in [3.8, 4) is 11.5 Å². The zero-order valence-electron chi connectivity index (χ0n) is 30.9. The van der Waals surface area contributed by atoms with E-state index in [4.69, 9.17) is 0 Å². The molecule has 0 bridgehead atoms. The first kappa shape index (κ1) is 41.3. The summed E-state index contributed by atoms with van der Waals surface area (Å²) in [4.78, 5) is 11.2. The number of fused-ring (bicyclic) bond motifs is 3. The highest BCUT2D eigenvalue weighted by Crippen LogP contribution is 2.44. The van der Waals surface area contributed by atoms with Gasteiger partial charge >= 0.3 is 6.03 Å². The lowest BCUT2D eigenvalue weighted by Crippen LogP contribution is -2.19. The van der Waals surface area contributed by atoms with Gasteiger partial charge in [0.25, 0.3) is 30.4 Å². The quantitative estimate of drug-likeness (QED) is 0.0527. The van der Waals surface area contributed by atoms with Crippen molar-refractivity contribution in [3.63, 3.8) is 0 Å². The average molecular weight is 871 g/mol. The summed E-state index contributed by atoms with van der Waals surface area (Å²) >= 11 is 0. The zero-order chi connectivity index (χ0) is 43.3. The summed E-state index contributed by atoms with van der Waals surface area (Å²) in [6, 6.07) is 23.0. The Labute approximate surface area is 340 Å². The van der Waals surface area contributed by atoms with Crippen molar-refractivity contribution >= 4 is 103 Å². The van der Waals surface area contributed by atoms with Gasteiger partial charge in [-0.25, -0.2) is 4.79 Å². The third-order valence-electron chi connectivity index (χ3n) is 9.15. The SMILES string of the molecule is Cc1ccc(C)c(N=Nc2c(S(=O)(=O)O)cc3cc(NC(=O)Nc4ccc5c(O)c(N=Nc6ccc7cc(S(=O)(=O)O)ccc7c6)c(S(=O)(=O)O)cc5c4)ccc3c2O)c1. The summed E-state index contributed by atoms with van der Waals surface area (Å²) in [7, 11) is -14.4. The Balaban J connectivity index is 1.14. The number of phenols is 2. The highest BCUT2D eigenvalue weighted by atomic mass is 32.2. The van der Waals surface area contributed by atoms with Crippen molar-refractivity contribution in [2.24, 2.45) is 20.5 Å². The molecule has 0 unspecified atom stereocenters. The van der Waals surface area contributed by atoms with Crippen LogP contribution in [0.2, 0.25) is 0 Å². The van der Waals surface area contributed by atoms with Crippen LogP contribution >= 0.6 is 0 Å². The van der Waals surface area contributed by atoms with E-state index in [2.05, 4.69) is 31.1 Å². The molecule has 0 saturated heterocycles.